The Balaban J connectivity index is 2.17. The Kier molecular flexibility index (Phi) is 4.27. The lowest BCUT2D eigenvalue weighted by molar-refractivity contribution is -0.175. The Labute approximate surface area is 119 Å². The fraction of sp³-hybridized carbons (Fsp3) is 0.615. The third kappa shape index (κ3) is 3.08. The van der Waals surface area contributed by atoms with Gasteiger partial charge in [0.15, 0.2) is 5.78 Å². The quantitative estimate of drug-likeness (QED) is 0.866. The SMILES string of the molecule is CCC(=O)c1sc(N2CCCC(C(F)(F)F)C2)cc1N. The van der Waals surface area contributed by atoms with E-state index >= 15 is 0 Å². The zero-order chi connectivity index (χ0) is 14.9. The van der Waals surface area contributed by atoms with Crippen LogP contribution in [0.1, 0.15) is 35.9 Å². The summed E-state index contributed by atoms with van der Waals surface area (Å²) in [5.41, 5.74) is 6.15. The van der Waals surface area contributed by atoms with Crippen molar-refractivity contribution in [3.05, 3.63) is 10.9 Å². The minimum absolute atomic E-state index is 0.0524. The topological polar surface area (TPSA) is 46.3 Å². The van der Waals surface area contributed by atoms with Gasteiger partial charge in [-0.3, -0.25) is 4.79 Å². The maximum Gasteiger partial charge on any atom is 0.393 e. The van der Waals surface area contributed by atoms with E-state index in [9.17, 15) is 18.0 Å². The van der Waals surface area contributed by atoms with E-state index in [4.69, 9.17) is 5.73 Å². The van der Waals surface area contributed by atoms with Crippen LogP contribution in [0, 0.1) is 5.92 Å². The van der Waals surface area contributed by atoms with Crippen LogP contribution in [-0.4, -0.2) is 25.0 Å². The van der Waals surface area contributed by atoms with E-state index in [1.54, 1.807) is 17.9 Å². The molecule has 0 saturated carbocycles. The number of carbonyl (C=O) groups is 1. The number of thiophene rings is 1. The molecule has 0 bridgehead atoms. The molecule has 112 valence electrons. The normalized spacial score (nSPS) is 20.2. The smallest absolute Gasteiger partial charge is 0.393 e. The molecule has 20 heavy (non-hydrogen) atoms. The summed E-state index contributed by atoms with van der Waals surface area (Å²) in [6.45, 7) is 2.26. The first kappa shape index (κ1) is 15.2. The highest BCUT2D eigenvalue weighted by Gasteiger charge is 2.42. The zero-order valence-corrected chi connectivity index (χ0v) is 12.0. The lowest BCUT2D eigenvalue weighted by Crippen LogP contribution is -2.41. The van der Waals surface area contributed by atoms with Gasteiger partial charge >= 0.3 is 6.18 Å². The molecule has 2 heterocycles. The molecule has 1 aliphatic rings. The second kappa shape index (κ2) is 5.63. The van der Waals surface area contributed by atoms with Crippen LogP contribution in [0.3, 0.4) is 0 Å². The van der Waals surface area contributed by atoms with Crippen molar-refractivity contribution in [3.63, 3.8) is 0 Å². The Morgan fingerprint density at radius 2 is 2.25 bits per heavy atom. The molecule has 1 fully saturated rings. The number of Topliss-reactive ketones (excluding diaryl/α,β-unsaturated/α-hetero) is 1. The van der Waals surface area contributed by atoms with Crippen molar-refractivity contribution in [2.45, 2.75) is 32.4 Å². The monoisotopic (exact) mass is 306 g/mol. The molecule has 1 atom stereocenters. The van der Waals surface area contributed by atoms with Crippen LogP contribution in [0.2, 0.25) is 0 Å². The van der Waals surface area contributed by atoms with Gasteiger partial charge in [-0.2, -0.15) is 13.2 Å². The summed E-state index contributed by atoms with van der Waals surface area (Å²) >= 11 is 1.20. The molecule has 3 nitrogen and oxygen atoms in total. The average Bonchev–Trinajstić information content (AvgIpc) is 2.79. The number of ketones is 1. The summed E-state index contributed by atoms with van der Waals surface area (Å²) in [6.07, 6.45) is -3.15. The van der Waals surface area contributed by atoms with Crippen molar-refractivity contribution in [1.29, 1.82) is 0 Å². The van der Waals surface area contributed by atoms with Gasteiger partial charge in [-0.1, -0.05) is 6.92 Å². The molecule has 0 amide bonds. The van der Waals surface area contributed by atoms with E-state index in [1.165, 1.54) is 11.3 Å². The Morgan fingerprint density at radius 3 is 2.85 bits per heavy atom. The standard InChI is InChI=1S/C13H17F3N2OS/c1-2-10(19)12-9(17)6-11(20-12)18-5-3-4-8(7-18)13(14,15)16/h6,8H,2-5,7,17H2,1H3. The van der Waals surface area contributed by atoms with E-state index in [0.29, 0.717) is 35.0 Å². The largest absolute Gasteiger partial charge is 0.397 e. The molecule has 1 unspecified atom stereocenters. The third-order valence-corrected chi connectivity index (χ3v) is 4.77. The van der Waals surface area contributed by atoms with Gasteiger partial charge < -0.3 is 10.6 Å². The first-order chi connectivity index (χ1) is 9.32. The second-order valence-corrected chi connectivity index (χ2v) is 6.00. The van der Waals surface area contributed by atoms with Crippen LogP contribution in [-0.2, 0) is 0 Å². The summed E-state index contributed by atoms with van der Waals surface area (Å²) < 4.78 is 38.4. The van der Waals surface area contributed by atoms with Crippen molar-refractivity contribution < 1.29 is 18.0 Å². The van der Waals surface area contributed by atoms with Gasteiger partial charge in [-0.15, -0.1) is 11.3 Å². The number of hydrogen-bond donors (Lipinski definition) is 1. The van der Waals surface area contributed by atoms with Crippen LogP contribution in [0.5, 0.6) is 0 Å². The lowest BCUT2D eigenvalue weighted by Gasteiger charge is -2.34. The molecular weight excluding hydrogens is 289 g/mol. The summed E-state index contributed by atoms with van der Waals surface area (Å²) in [6, 6.07) is 1.62. The molecule has 7 heteroatoms. The molecule has 1 aromatic rings. The number of nitrogens with zero attached hydrogens (tertiary/aromatic N) is 1. The number of hydrogen-bond acceptors (Lipinski definition) is 4. The number of nitrogens with two attached hydrogens (primary N) is 1. The van der Waals surface area contributed by atoms with Crippen molar-refractivity contribution >= 4 is 27.8 Å². The van der Waals surface area contributed by atoms with E-state index in [1.807, 2.05) is 0 Å². The lowest BCUT2D eigenvalue weighted by atomic mass is 9.98. The number of anilines is 2. The van der Waals surface area contributed by atoms with E-state index in [-0.39, 0.29) is 18.7 Å². The van der Waals surface area contributed by atoms with Gasteiger partial charge in [0.1, 0.15) is 0 Å². The minimum atomic E-state index is -4.16. The zero-order valence-electron chi connectivity index (χ0n) is 11.2. The van der Waals surface area contributed by atoms with Crippen molar-refractivity contribution in [2.24, 2.45) is 5.92 Å². The number of rotatable bonds is 3. The molecule has 1 saturated heterocycles. The second-order valence-electron chi connectivity index (χ2n) is 4.97. The Bertz CT molecular complexity index is 498. The number of carbonyl (C=O) groups excluding carboxylic acids is 1. The maximum atomic E-state index is 12.8. The first-order valence-corrected chi connectivity index (χ1v) is 7.38. The first-order valence-electron chi connectivity index (χ1n) is 6.57. The fourth-order valence-corrected chi connectivity index (χ4v) is 3.50. The number of piperidine rings is 1. The van der Waals surface area contributed by atoms with Gasteiger partial charge in [-0.25, -0.2) is 0 Å². The maximum absolute atomic E-state index is 12.8. The number of nitrogen functional groups attached to an aromatic ring is 1. The molecule has 0 radical (unpaired) electrons. The van der Waals surface area contributed by atoms with Gasteiger partial charge in [0, 0.05) is 19.5 Å². The Hall–Kier alpha value is -1.24. The fourth-order valence-electron chi connectivity index (χ4n) is 2.37. The number of alkyl halides is 3. The van der Waals surface area contributed by atoms with Crippen LogP contribution < -0.4 is 10.6 Å². The molecule has 2 N–H and O–H groups in total. The van der Waals surface area contributed by atoms with Crippen molar-refractivity contribution in [3.8, 4) is 0 Å². The highest BCUT2D eigenvalue weighted by Crippen LogP contribution is 2.38. The molecule has 0 aliphatic carbocycles. The summed E-state index contributed by atoms with van der Waals surface area (Å²) in [5, 5.41) is 0.660. The summed E-state index contributed by atoms with van der Waals surface area (Å²) in [7, 11) is 0. The van der Waals surface area contributed by atoms with E-state index < -0.39 is 12.1 Å². The van der Waals surface area contributed by atoms with Gasteiger partial charge in [-0.05, 0) is 18.9 Å². The summed E-state index contributed by atoms with van der Waals surface area (Å²) in [5.74, 6) is -1.37. The molecule has 1 aromatic heterocycles. The summed E-state index contributed by atoms with van der Waals surface area (Å²) in [4.78, 5) is 13.8. The van der Waals surface area contributed by atoms with Crippen LogP contribution >= 0.6 is 11.3 Å². The highest BCUT2D eigenvalue weighted by molar-refractivity contribution is 7.18. The van der Waals surface area contributed by atoms with Crippen LogP contribution in [0.25, 0.3) is 0 Å². The predicted molar refractivity (Wildman–Crippen MR) is 74.3 cm³/mol. The van der Waals surface area contributed by atoms with Crippen LogP contribution in [0.15, 0.2) is 6.07 Å². The van der Waals surface area contributed by atoms with E-state index in [2.05, 4.69) is 0 Å². The van der Waals surface area contributed by atoms with Crippen molar-refractivity contribution in [2.75, 3.05) is 23.7 Å². The van der Waals surface area contributed by atoms with Gasteiger partial charge in [0.2, 0.25) is 0 Å². The molecule has 0 spiro atoms. The number of halogens is 3. The molecule has 2 rings (SSSR count). The molecular formula is C13H17F3N2OS. The van der Waals surface area contributed by atoms with Crippen LogP contribution in [0.4, 0.5) is 23.9 Å². The van der Waals surface area contributed by atoms with Crippen molar-refractivity contribution in [1.82, 2.24) is 0 Å². The predicted octanol–water partition coefficient (Wildman–Crippen LogP) is 3.70. The molecule has 1 aliphatic heterocycles. The van der Waals surface area contributed by atoms with Gasteiger partial charge in [0.05, 0.1) is 21.5 Å². The molecule has 0 aromatic carbocycles. The Morgan fingerprint density at radius 1 is 1.55 bits per heavy atom. The average molecular weight is 306 g/mol. The third-order valence-electron chi connectivity index (χ3n) is 3.52. The highest BCUT2D eigenvalue weighted by atomic mass is 32.1. The minimum Gasteiger partial charge on any atom is -0.397 e. The van der Waals surface area contributed by atoms with E-state index in [0.717, 1.165) is 0 Å². The van der Waals surface area contributed by atoms with Gasteiger partial charge in [0.25, 0.3) is 0 Å².